The smallest absolute Gasteiger partial charge is 0.303 e. The van der Waals surface area contributed by atoms with Crippen LogP contribution in [0, 0.1) is 30.6 Å². The number of aliphatic carboxylic acids is 1. The van der Waals surface area contributed by atoms with Gasteiger partial charge in [0.05, 0.1) is 19.2 Å². The minimum atomic E-state index is -1.15. The second-order valence-electron chi connectivity index (χ2n) is 9.64. The zero-order valence-electron chi connectivity index (χ0n) is 20.9. The number of hydrogen-bond acceptors (Lipinski definition) is 4. The summed E-state index contributed by atoms with van der Waals surface area (Å²) in [6.45, 7) is 4.16. The normalized spacial score (nSPS) is 18.9. The lowest BCUT2D eigenvalue weighted by Crippen LogP contribution is -2.41. The zero-order valence-corrected chi connectivity index (χ0v) is 20.9. The molecule has 3 atom stereocenters. The van der Waals surface area contributed by atoms with Crippen molar-refractivity contribution in [1.29, 1.82) is 0 Å². The van der Waals surface area contributed by atoms with Gasteiger partial charge in [-0.2, -0.15) is 0 Å². The van der Waals surface area contributed by atoms with Crippen LogP contribution in [0.3, 0.4) is 0 Å². The minimum absolute atomic E-state index is 0.0153. The molecule has 4 rings (SSSR count). The molecule has 2 heterocycles. The molecular weight excluding hydrogens is 455 g/mol. The number of methoxy groups -OCH3 is 1. The molecule has 1 aliphatic heterocycles. The second-order valence-corrected chi connectivity index (χ2v) is 9.64. The number of piperidine rings is 1. The third kappa shape index (κ3) is 6.61. The number of hydrogen-bond donors (Lipinski definition) is 1. The predicted octanol–water partition coefficient (Wildman–Crippen LogP) is 5.81. The lowest BCUT2D eigenvalue weighted by atomic mass is 9.79. The van der Waals surface area contributed by atoms with Gasteiger partial charge in [-0.25, -0.2) is 4.39 Å². The van der Waals surface area contributed by atoms with Crippen molar-refractivity contribution in [3.05, 3.63) is 71.4 Å². The van der Waals surface area contributed by atoms with Crippen LogP contribution in [-0.2, 0) is 4.79 Å². The summed E-state index contributed by atoms with van der Waals surface area (Å²) in [6.07, 6.45) is 2.44. The van der Waals surface area contributed by atoms with Crippen LogP contribution in [0.15, 0.2) is 54.7 Å². The summed E-state index contributed by atoms with van der Waals surface area (Å²) in [5.74, 6) is 6.47. The number of halogens is 1. The molecule has 3 aromatic rings. The third-order valence-electron chi connectivity index (χ3n) is 7.08. The van der Waals surface area contributed by atoms with Crippen molar-refractivity contribution in [2.45, 2.75) is 38.8 Å². The van der Waals surface area contributed by atoms with Crippen LogP contribution in [0.25, 0.3) is 10.9 Å². The number of benzene rings is 2. The van der Waals surface area contributed by atoms with Crippen LogP contribution < -0.4 is 4.74 Å². The highest BCUT2D eigenvalue weighted by molar-refractivity contribution is 5.83. The number of carbonyl (C=O) groups is 1. The molecule has 188 valence electrons. The summed E-state index contributed by atoms with van der Waals surface area (Å²) in [5, 5.41) is 10.3. The Balaban J connectivity index is 1.39. The molecule has 6 heteroatoms. The van der Waals surface area contributed by atoms with Gasteiger partial charge < -0.3 is 9.84 Å². The molecule has 1 fully saturated rings. The number of carboxylic acids is 1. The molecule has 36 heavy (non-hydrogen) atoms. The van der Waals surface area contributed by atoms with Crippen molar-refractivity contribution in [2.75, 3.05) is 26.7 Å². The molecule has 0 amide bonds. The molecule has 1 aromatic heterocycles. The minimum Gasteiger partial charge on any atom is -0.497 e. The van der Waals surface area contributed by atoms with E-state index >= 15 is 4.39 Å². The first-order chi connectivity index (χ1) is 17.4. The Morgan fingerprint density at radius 3 is 2.89 bits per heavy atom. The highest BCUT2D eigenvalue weighted by Gasteiger charge is 2.31. The third-order valence-corrected chi connectivity index (χ3v) is 7.08. The average Bonchev–Trinajstić information content (AvgIpc) is 2.87. The van der Waals surface area contributed by atoms with Crippen molar-refractivity contribution in [3.63, 3.8) is 0 Å². The van der Waals surface area contributed by atoms with Crippen molar-refractivity contribution >= 4 is 16.9 Å². The molecule has 1 N–H and O–H groups in total. The van der Waals surface area contributed by atoms with Crippen molar-refractivity contribution < 1.29 is 19.0 Å². The van der Waals surface area contributed by atoms with Crippen LogP contribution >= 0.6 is 0 Å². The maximum Gasteiger partial charge on any atom is 0.303 e. The van der Waals surface area contributed by atoms with E-state index in [1.807, 2.05) is 43.3 Å². The van der Waals surface area contributed by atoms with Gasteiger partial charge in [-0.15, -0.1) is 0 Å². The Labute approximate surface area is 212 Å². The summed E-state index contributed by atoms with van der Waals surface area (Å²) in [4.78, 5) is 18.1. The van der Waals surface area contributed by atoms with Gasteiger partial charge >= 0.3 is 5.97 Å². The lowest BCUT2D eigenvalue weighted by Gasteiger charge is -2.37. The van der Waals surface area contributed by atoms with E-state index in [2.05, 4.69) is 27.8 Å². The maximum absolute atomic E-state index is 15.5. The van der Waals surface area contributed by atoms with E-state index in [0.717, 1.165) is 29.4 Å². The van der Waals surface area contributed by atoms with E-state index in [9.17, 15) is 9.90 Å². The van der Waals surface area contributed by atoms with E-state index in [4.69, 9.17) is 4.74 Å². The molecule has 0 radical (unpaired) electrons. The molecule has 1 saturated heterocycles. The molecule has 2 aromatic carbocycles. The first kappa shape index (κ1) is 25.7. The fourth-order valence-electron chi connectivity index (χ4n) is 5.17. The Kier molecular flexibility index (Phi) is 8.56. The molecule has 1 aliphatic rings. The molecule has 0 bridgehead atoms. The number of ether oxygens (including phenoxy) is 1. The Hall–Kier alpha value is -3.43. The number of alkyl halides is 1. The summed E-state index contributed by atoms with van der Waals surface area (Å²) < 4.78 is 20.8. The highest BCUT2D eigenvalue weighted by Crippen LogP contribution is 2.36. The van der Waals surface area contributed by atoms with Gasteiger partial charge in [0.1, 0.15) is 11.9 Å². The van der Waals surface area contributed by atoms with Gasteiger partial charge in [0, 0.05) is 30.1 Å². The van der Waals surface area contributed by atoms with Crippen molar-refractivity contribution in [2.24, 2.45) is 11.8 Å². The van der Waals surface area contributed by atoms with Crippen LogP contribution in [-0.4, -0.2) is 47.7 Å². The van der Waals surface area contributed by atoms with Crippen LogP contribution in [0.5, 0.6) is 5.75 Å². The number of nitrogens with zero attached hydrogens (tertiary/aromatic N) is 2. The fraction of sp³-hybridized carbons (Fsp3) is 0.400. The Bertz CT molecular complexity index is 1270. The number of rotatable bonds is 8. The SMILES string of the molecule is COc1ccc2nccc([C@@H](F)CC[C@@H]3CCN(CC#Cc4cccc(C)c4)C[C@@H]3CC(=O)O)c2c1. The summed E-state index contributed by atoms with van der Waals surface area (Å²) >= 11 is 0. The first-order valence-corrected chi connectivity index (χ1v) is 12.5. The maximum atomic E-state index is 15.5. The number of carboxylic acid groups (broad SMARTS) is 1. The van der Waals surface area contributed by atoms with Crippen molar-refractivity contribution in [1.82, 2.24) is 9.88 Å². The van der Waals surface area contributed by atoms with Gasteiger partial charge in [-0.05, 0) is 92.1 Å². The Morgan fingerprint density at radius 1 is 1.25 bits per heavy atom. The van der Waals surface area contributed by atoms with Crippen LogP contribution in [0.4, 0.5) is 4.39 Å². The number of likely N-dealkylation sites (tertiary alicyclic amines) is 1. The van der Waals surface area contributed by atoms with E-state index in [-0.39, 0.29) is 18.3 Å². The number of fused-ring (bicyclic) bond motifs is 1. The van der Waals surface area contributed by atoms with Crippen molar-refractivity contribution in [3.8, 4) is 17.6 Å². The Morgan fingerprint density at radius 2 is 2.11 bits per heavy atom. The van der Waals surface area contributed by atoms with E-state index in [0.29, 0.717) is 37.2 Å². The number of pyridine rings is 1. The summed E-state index contributed by atoms with van der Waals surface area (Å²) in [7, 11) is 1.59. The van der Waals surface area contributed by atoms with Gasteiger partial charge in [0.25, 0.3) is 0 Å². The number of aromatic nitrogens is 1. The van der Waals surface area contributed by atoms with Gasteiger partial charge in [-0.1, -0.05) is 24.0 Å². The van der Waals surface area contributed by atoms with E-state index in [1.54, 1.807) is 19.4 Å². The summed E-state index contributed by atoms with van der Waals surface area (Å²) in [5.41, 5.74) is 3.51. The molecular formula is C30H33FN2O3. The van der Waals surface area contributed by atoms with Crippen LogP contribution in [0.2, 0.25) is 0 Å². The fourth-order valence-corrected chi connectivity index (χ4v) is 5.17. The monoisotopic (exact) mass is 488 g/mol. The summed E-state index contributed by atoms with van der Waals surface area (Å²) in [6, 6.07) is 15.3. The molecule has 0 unspecified atom stereocenters. The van der Waals surface area contributed by atoms with Crippen LogP contribution in [0.1, 0.15) is 48.5 Å². The zero-order chi connectivity index (χ0) is 25.5. The number of aryl methyl sites for hydroxylation is 1. The standard InChI is InChI=1S/C30H33FN2O3/c1-21-5-3-6-22(17-21)7-4-15-33-16-13-23(24(20-33)18-30(34)35)8-10-28(31)26-12-14-32-29-11-9-25(36-2)19-27(26)29/h3,5-6,9,11-12,14,17,19,23-24,28H,8,10,13,15-16,18,20H2,1-2H3,(H,34,35)/t23-,24+,28+/m1/s1. The van der Waals surface area contributed by atoms with E-state index < -0.39 is 12.1 Å². The quantitative estimate of drug-likeness (QED) is 0.406. The second kappa shape index (κ2) is 12.0. The first-order valence-electron chi connectivity index (χ1n) is 12.5. The molecule has 0 spiro atoms. The highest BCUT2D eigenvalue weighted by atomic mass is 19.1. The molecule has 0 saturated carbocycles. The van der Waals surface area contributed by atoms with Gasteiger partial charge in [0.15, 0.2) is 0 Å². The molecule has 0 aliphatic carbocycles. The van der Waals surface area contributed by atoms with Gasteiger partial charge in [0.2, 0.25) is 0 Å². The largest absolute Gasteiger partial charge is 0.497 e. The predicted molar refractivity (Wildman–Crippen MR) is 140 cm³/mol. The van der Waals surface area contributed by atoms with E-state index in [1.165, 1.54) is 5.56 Å². The average molecular weight is 489 g/mol. The molecule has 5 nitrogen and oxygen atoms in total. The van der Waals surface area contributed by atoms with Gasteiger partial charge in [-0.3, -0.25) is 14.7 Å². The topological polar surface area (TPSA) is 62.7 Å². The lowest BCUT2D eigenvalue weighted by molar-refractivity contribution is -0.139.